The number of carboxylic acid groups (broad SMARTS) is 1. The van der Waals surface area contributed by atoms with Gasteiger partial charge in [-0.1, -0.05) is 13.8 Å². The van der Waals surface area contributed by atoms with E-state index >= 15 is 0 Å². The minimum absolute atomic E-state index is 0.0119. The molecule has 1 unspecified atom stereocenters. The van der Waals surface area contributed by atoms with Gasteiger partial charge in [0.05, 0.1) is 0 Å². The summed E-state index contributed by atoms with van der Waals surface area (Å²) >= 11 is 0. The number of aryl methyl sites for hydroxylation is 1. The number of carboxylic acids is 1. The molecule has 17 heavy (non-hydrogen) atoms. The molecule has 1 atom stereocenters. The van der Waals surface area contributed by atoms with E-state index in [1.54, 1.807) is 6.92 Å². The van der Waals surface area contributed by atoms with Crippen LogP contribution in [0.4, 0.5) is 0 Å². The summed E-state index contributed by atoms with van der Waals surface area (Å²) in [6, 6.07) is 1.45. The van der Waals surface area contributed by atoms with Crippen molar-refractivity contribution in [3.05, 3.63) is 23.3 Å². The lowest BCUT2D eigenvalue weighted by Gasteiger charge is -2.19. The van der Waals surface area contributed by atoms with Gasteiger partial charge in [-0.2, -0.15) is 0 Å². The van der Waals surface area contributed by atoms with Crippen molar-refractivity contribution >= 4 is 5.97 Å². The van der Waals surface area contributed by atoms with Gasteiger partial charge in [-0.25, -0.2) is 14.8 Å². The molecule has 1 N–H and O–H groups in total. The molecule has 0 saturated heterocycles. The third kappa shape index (κ3) is 3.49. The number of rotatable bonds is 5. The number of hydrogen-bond donors (Lipinski definition) is 1. The molecule has 1 aromatic heterocycles. The molecular weight excluding hydrogens is 220 g/mol. The molecule has 0 aliphatic rings. The Morgan fingerprint density at radius 3 is 2.59 bits per heavy atom. The van der Waals surface area contributed by atoms with Gasteiger partial charge in [-0.3, -0.25) is 0 Å². The molecule has 0 fully saturated rings. The summed E-state index contributed by atoms with van der Waals surface area (Å²) in [5.41, 5.74) is 0.649. The zero-order valence-electron chi connectivity index (χ0n) is 10.6. The van der Waals surface area contributed by atoms with Gasteiger partial charge in [0, 0.05) is 12.3 Å². The molecular formula is C12H18N2O3. The monoisotopic (exact) mass is 238 g/mol. The Morgan fingerprint density at radius 2 is 2.12 bits per heavy atom. The van der Waals surface area contributed by atoms with E-state index in [-0.39, 0.29) is 17.7 Å². The lowest BCUT2D eigenvalue weighted by atomic mass is 10.1. The fraction of sp³-hybridized carbons (Fsp3) is 0.583. The Morgan fingerprint density at radius 1 is 1.47 bits per heavy atom. The Balaban J connectivity index is 3.14. The van der Waals surface area contributed by atoms with E-state index < -0.39 is 5.97 Å². The van der Waals surface area contributed by atoms with Crippen molar-refractivity contribution in [3.8, 4) is 0 Å². The Kier molecular flexibility index (Phi) is 4.57. The zero-order chi connectivity index (χ0) is 13.0. The molecule has 0 saturated carbocycles. The Labute approximate surface area is 101 Å². The van der Waals surface area contributed by atoms with Crippen LogP contribution in [0.3, 0.4) is 0 Å². The fourth-order valence-corrected chi connectivity index (χ4v) is 1.57. The van der Waals surface area contributed by atoms with Crippen molar-refractivity contribution in [3.63, 3.8) is 0 Å². The minimum Gasteiger partial charge on any atom is -0.477 e. The van der Waals surface area contributed by atoms with Crippen LogP contribution >= 0.6 is 0 Å². The van der Waals surface area contributed by atoms with Gasteiger partial charge in [-0.15, -0.1) is 0 Å². The zero-order valence-corrected chi connectivity index (χ0v) is 10.6. The molecule has 0 amide bonds. The Bertz CT molecular complexity index is 405. The van der Waals surface area contributed by atoms with E-state index in [0.717, 1.165) is 0 Å². The molecule has 5 nitrogen and oxygen atoms in total. The highest BCUT2D eigenvalue weighted by Gasteiger charge is 2.21. The molecule has 0 radical (unpaired) electrons. The number of carbonyl (C=O) groups is 1. The van der Waals surface area contributed by atoms with Crippen LogP contribution in [0.5, 0.6) is 0 Å². The van der Waals surface area contributed by atoms with Crippen LogP contribution in [0.2, 0.25) is 0 Å². The molecule has 0 aliphatic carbocycles. The van der Waals surface area contributed by atoms with E-state index in [2.05, 4.69) is 9.97 Å². The first kappa shape index (κ1) is 13.6. The molecule has 0 aliphatic heterocycles. The van der Waals surface area contributed by atoms with E-state index in [0.29, 0.717) is 18.1 Å². The van der Waals surface area contributed by atoms with E-state index in [9.17, 15) is 4.79 Å². The third-order valence-corrected chi connectivity index (χ3v) is 2.30. The van der Waals surface area contributed by atoms with E-state index in [1.807, 2.05) is 20.8 Å². The first-order valence-electron chi connectivity index (χ1n) is 5.66. The van der Waals surface area contributed by atoms with E-state index in [4.69, 9.17) is 9.84 Å². The average Bonchev–Trinajstić information content (AvgIpc) is 2.24. The number of hydrogen-bond acceptors (Lipinski definition) is 4. The smallest absolute Gasteiger partial charge is 0.354 e. The van der Waals surface area contributed by atoms with Crippen molar-refractivity contribution in [1.82, 2.24) is 9.97 Å². The van der Waals surface area contributed by atoms with Crippen LogP contribution in [-0.2, 0) is 4.74 Å². The topological polar surface area (TPSA) is 72.3 Å². The summed E-state index contributed by atoms with van der Waals surface area (Å²) in [5, 5.41) is 8.95. The SMILES string of the molecule is CCOC(c1nc(C)cc(C(=O)O)n1)C(C)C. The standard InChI is InChI=1S/C12H18N2O3/c1-5-17-10(7(2)3)11-13-8(4)6-9(14-11)12(15)16/h6-7,10H,5H2,1-4H3,(H,15,16). The summed E-state index contributed by atoms with van der Waals surface area (Å²) in [4.78, 5) is 19.2. The second-order valence-electron chi connectivity index (χ2n) is 4.18. The highest BCUT2D eigenvalue weighted by molar-refractivity contribution is 5.85. The number of ether oxygens (including phenoxy) is 1. The summed E-state index contributed by atoms with van der Waals surface area (Å²) in [6.07, 6.45) is -0.266. The van der Waals surface area contributed by atoms with Gasteiger partial charge in [0.2, 0.25) is 0 Å². The van der Waals surface area contributed by atoms with Gasteiger partial charge in [0.15, 0.2) is 11.5 Å². The first-order valence-corrected chi connectivity index (χ1v) is 5.66. The van der Waals surface area contributed by atoms with Crippen LogP contribution in [0.15, 0.2) is 6.07 Å². The van der Waals surface area contributed by atoms with Crippen molar-refractivity contribution < 1.29 is 14.6 Å². The molecule has 5 heteroatoms. The summed E-state index contributed by atoms with van der Waals surface area (Å²) in [5.74, 6) is -0.409. The van der Waals surface area contributed by atoms with Crippen LogP contribution in [0, 0.1) is 12.8 Å². The van der Waals surface area contributed by atoms with Gasteiger partial charge in [-0.05, 0) is 25.8 Å². The van der Waals surface area contributed by atoms with Gasteiger partial charge < -0.3 is 9.84 Å². The molecule has 94 valence electrons. The summed E-state index contributed by atoms with van der Waals surface area (Å²) < 4.78 is 5.56. The lowest BCUT2D eigenvalue weighted by molar-refractivity contribution is 0.0228. The predicted molar refractivity (Wildman–Crippen MR) is 62.9 cm³/mol. The fourth-order valence-electron chi connectivity index (χ4n) is 1.57. The predicted octanol–water partition coefficient (Wildman–Crippen LogP) is 2.22. The highest BCUT2D eigenvalue weighted by atomic mass is 16.5. The Hall–Kier alpha value is -1.49. The second-order valence-corrected chi connectivity index (χ2v) is 4.18. The number of aromatic nitrogens is 2. The van der Waals surface area contributed by atoms with Crippen molar-refractivity contribution in [2.24, 2.45) is 5.92 Å². The maximum Gasteiger partial charge on any atom is 0.354 e. The summed E-state index contributed by atoms with van der Waals surface area (Å²) in [6.45, 7) is 8.17. The van der Waals surface area contributed by atoms with Crippen molar-refractivity contribution in [2.45, 2.75) is 33.8 Å². The highest BCUT2D eigenvalue weighted by Crippen LogP contribution is 2.23. The maximum atomic E-state index is 10.9. The quantitative estimate of drug-likeness (QED) is 0.851. The third-order valence-electron chi connectivity index (χ3n) is 2.30. The normalized spacial score (nSPS) is 12.8. The number of nitrogens with zero attached hydrogens (tertiary/aromatic N) is 2. The van der Waals surface area contributed by atoms with Crippen LogP contribution in [0.25, 0.3) is 0 Å². The second kappa shape index (κ2) is 5.72. The molecule has 0 aromatic carbocycles. The van der Waals surface area contributed by atoms with Crippen LogP contribution < -0.4 is 0 Å². The summed E-state index contributed by atoms with van der Waals surface area (Å²) in [7, 11) is 0. The molecule has 0 bridgehead atoms. The number of aromatic carboxylic acids is 1. The average molecular weight is 238 g/mol. The van der Waals surface area contributed by atoms with Crippen LogP contribution in [-0.4, -0.2) is 27.7 Å². The molecule has 1 rings (SSSR count). The molecule has 1 aromatic rings. The van der Waals surface area contributed by atoms with Gasteiger partial charge in [0.25, 0.3) is 0 Å². The van der Waals surface area contributed by atoms with Gasteiger partial charge in [0.1, 0.15) is 6.10 Å². The van der Waals surface area contributed by atoms with Crippen molar-refractivity contribution in [1.29, 1.82) is 0 Å². The molecule has 0 spiro atoms. The van der Waals surface area contributed by atoms with E-state index in [1.165, 1.54) is 6.07 Å². The first-order chi connectivity index (χ1) is 7.95. The minimum atomic E-state index is -1.05. The van der Waals surface area contributed by atoms with Gasteiger partial charge >= 0.3 is 5.97 Å². The van der Waals surface area contributed by atoms with Crippen LogP contribution in [0.1, 0.15) is 48.9 Å². The molecule has 1 heterocycles. The maximum absolute atomic E-state index is 10.9. The lowest BCUT2D eigenvalue weighted by Crippen LogP contribution is -2.17. The largest absolute Gasteiger partial charge is 0.477 e. The van der Waals surface area contributed by atoms with Crippen molar-refractivity contribution in [2.75, 3.05) is 6.61 Å².